The number of fused-ring (bicyclic) bond motifs is 1. The molecule has 0 saturated heterocycles. The topological polar surface area (TPSA) is 91.6 Å². The van der Waals surface area contributed by atoms with E-state index < -0.39 is 0 Å². The lowest BCUT2D eigenvalue weighted by molar-refractivity contribution is -0.117. The third-order valence-corrected chi connectivity index (χ3v) is 5.69. The highest BCUT2D eigenvalue weighted by Gasteiger charge is 2.28. The second-order valence-corrected chi connectivity index (χ2v) is 7.80. The summed E-state index contributed by atoms with van der Waals surface area (Å²) in [6.45, 7) is 4.64. The largest absolute Gasteiger partial charge is 0.361 e. The van der Waals surface area contributed by atoms with Gasteiger partial charge in [-0.3, -0.25) is 9.59 Å². The Hall–Kier alpha value is -3.20. The van der Waals surface area contributed by atoms with Gasteiger partial charge in [-0.2, -0.15) is 11.3 Å². The van der Waals surface area contributed by atoms with E-state index in [-0.39, 0.29) is 18.4 Å². The Morgan fingerprint density at radius 2 is 2.24 bits per heavy atom. The molecule has 150 valence electrons. The Morgan fingerprint density at radius 3 is 2.93 bits per heavy atom. The van der Waals surface area contributed by atoms with Crippen molar-refractivity contribution >= 4 is 34.7 Å². The van der Waals surface area contributed by atoms with Gasteiger partial charge in [0.15, 0.2) is 5.82 Å². The number of thiophene rings is 1. The van der Waals surface area contributed by atoms with E-state index in [4.69, 9.17) is 4.52 Å². The van der Waals surface area contributed by atoms with Gasteiger partial charge in [0.25, 0.3) is 5.91 Å². The Labute approximate surface area is 172 Å². The van der Waals surface area contributed by atoms with Crippen molar-refractivity contribution in [2.24, 2.45) is 0 Å². The number of nitrogens with one attached hydrogen (secondary N) is 1. The number of hydrogen-bond donors (Lipinski definition) is 1. The molecule has 29 heavy (non-hydrogen) atoms. The van der Waals surface area contributed by atoms with Crippen LogP contribution in [0.3, 0.4) is 0 Å². The summed E-state index contributed by atoms with van der Waals surface area (Å²) in [6.07, 6.45) is 1.54. The second-order valence-electron chi connectivity index (χ2n) is 7.02. The Kier molecular flexibility index (Phi) is 5.06. The van der Waals surface area contributed by atoms with E-state index in [1.54, 1.807) is 40.4 Å². The maximum absolute atomic E-state index is 12.9. The number of aryl methyl sites for hydroxylation is 2. The predicted molar refractivity (Wildman–Crippen MR) is 110 cm³/mol. The molecule has 0 radical (unpaired) electrons. The van der Waals surface area contributed by atoms with Crippen LogP contribution in [0.5, 0.6) is 0 Å². The molecule has 8 nitrogen and oxygen atoms in total. The van der Waals surface area contributed by atoms with Crippen LogP contribution in [0.15, 0.2) is 33.6 Å². The van der Waals surface area contributed by atoms with Crippen LogP contribution in [0.4, 0.5) is 11.5 Å². The van der Waals surface area contributed by atoms with Crippen molar-refractivity contribution in [3.63, 3.8) is 0 Å². The van der Waals surface area contributed by atoms with Crippen molar-refractivity contribution in [1.82, 2.24) is 15.0 Å². The lowest BCUT2D eigenvalue weighted by atomic mass is 10.1. The lowest BCUT2D eigenvalue weighted by Crippen LogP contribution is -2.40. The van der Waals surface area contributed by atoms with Gasteiger partial charge in [0.05, 0.1) is 30.0 Å². The molecule has 0 saturated carbocycles. The van der Waals surface area contributed by atoms with Gasteiger partial charge >= 0.3 is 0 Å². The maximum Gasteiger partial charge on any atom is 0.255 e. The number of carbonyl (C=O) groups excluding carboxylic acids is 2. The van der Waals surface area contributed by atoms with Crippen molar-refractivity contribution in [3.05, 3.63) is 57.2 Å². The molecular weight excluding hydrogens is 390 g/mol. The van der Waals surface area contributed by atoms with Crippen LogP contribution in [0.1, 0.15) is 32.9 Å². The maximum atomic E-state index is 12.9. The highest BCUT2D eigenvalue weighted by Crippen LogP contribution is 2.31. The number of hydrogen-bond acceptors (Lipinski definition) is 7. The van der Waals surface area contributed by atoms with Crippen LogP contribution < -0.4 is 10.2 Å². The summed E-state index contributed by atoms with van der Waals surface area (Å²) in [6, 6.07) is 3.71. The van der Waals surface area contributed by atoms with Crippen molar-refractivity contribution in [3.8, 4) is 0 Å². The minimum Gasteiger partial charge on any atom is -0.361 e. The zero-order valence-corrected chi connectivity index (χ0v) is 17.2. The minimum atomic E-state index is -0.151. The van der Waals surface area contributed by atoms with Crippen LogP contribution in [0.2, 0.25) is 0 Å². The molecule has 0 aromatic carbocycles. The Balaban J connectivity index is 1.62. The molecule has 4 rings (SSSR count). The fourth-order valence-electron chi connectivity index (χ4n) is 3.31. The SMILES string of the molecule is Cc1noc(C)c1CN1C(=O)CNc2ncc(C(=O)N(C)Cc3ccsc3)cc21. The summed E-state index contributed by atoms with van der Waals surface area (Å²) in [5.41, 5.74) is 3.69. The number of rotatable bonds is 5. The number of anilines is 2. The second kappa shape index (κ2) is 7.67. The van der Waals surface area contributed by atoms with E-state index in [9.17, 15) is 9.59 Å². The average Bonchev–Trinajstić information content (AvgIpc) is 3.33. The van der Waals surface area contributed by atoms with E-state index in [0.717, 1.165) is 16.8 Å². The first-order valence-electron chi connectivity index (χ1n) is 9.16. The molecule has 0 bridgehead atoms. The molecule has 2 amide bonds. The quantitative estimate of drug-likeness (QED) is 0.694. The zero-order chi connectivity index (χ0) is 20.5. The van der Waals surface area contributed by atoms with Crippen LogP contribution in [-0.4, -0.2) is 40.4 Å². The molecule has 0 atom stereocenters. The van der Waals surface area contributed by atoms with Crippen molar-refractivity contribution in [1.29, 1.82) is 0 Å². The fourth-order valence-corrected chi connectivity index (χ4v) is 3.97. The third-order valence-electron chi connectivity index (χ3n) is 4.96. The number of amides is 2. The van der Waals surface area contributed by atoms with Gasteiger partial charge in [-0.05, 0) is 42.3 Å². The van der Waals surface area contributed by atoms with E-state index >= 15 is 0 Å². The Morgan fingerprint density at radius 1 is 1.41 bits per heavy atom. The molecule has 0 aliphatic carbocycles. The van der Waals surface area contributed by atoms with E-state index in [1.807, 2.05) is 30.7 Å². The molecular formula is C20H21N5O3S. The molecule has 3 aromatic heterocycles. The van der Waals surface area contributed by atoms with Gasteiger partial charge in [-0.1, -0.05) is 5.16 Å². The molecule has 1 aliphatic heterocycles. The van der Waals surface area contributed by atoms with Gasteiger partial charge in [-0.15, -0.1) is 0 Å². The first kappa shape index (κ1) is 19.1. The van der Waals surface area contributed by atoms with Crippen molar-refractivity contribution in [2.45, 2.75) is 26.9 Å². The molecule has 1 aliphatic rings. The van der Waals surface area contributed by atoms with Crippen LogP contribution in [-0.2, 0) is 17.9 Å². The normalized spacial score (nSPS) is 13.2. The molecule has 0 fully saturated rings. The Bertz CT molecular complexity index is 1040. The van der Waals surface area contributed by atoms with Crippen molar-refractivity contribution in [2.75, 3.05) is 23.8 Å². The van der Waals surface area contributed by atoms with Crippen molar-refractivity contribution < 1.29 is 14.1 Å². The van der Waals surface area contributed by atoms with Gasteiger partial charge in [0.1, 0.15) is 5.76 Å². The minimum absolute atomic E-state index is 0.101. The van der Waals surface area contributed by atoms with Gasteiger partial charge in [0.2, 0.25) is 5.91 Å². The van der Waals surface area contributed by atoms with Gasteiger partial charge in [0, 0.05) is 25.4 Å². The fraction of sp³-hybridized carbons (Fsp3) is 0.300. The molecule has 0 spiro atoms. The van der Waals surface area contributed by atoms with E-state index in [1.165, 1.54) is 0 Å². The summed E-state index contributed by atoms with van der Waals surface area (Å²) in [5, 5.41) is 11.0. The number of pyridine rings is 1. The number of aromatic nitrogens is 2. The zero-order valence-electron chi connectivity index (χ0n) is 16.4. The first-order valence-corrected chi connectivity index (χ1v) is 10.1. The highest BCUT2D eigenvalue weighted by molar-refractivity contribution is 7.07. The molecule has 1 N–H and O–H groups in total. The van der Waals surface area contributed by atoms with Crippen LogP contribution in [0, 0.1) is 13.8 Å². The highest BCUT2D eigenvalue weighted by atomic mass is 32.1. The number of nitrogens with zero attached hydrogens (tertiary/aromatic N) is 4. The van der Waals surface area contributed by atoms with Crippen LogP contribution in [0.25, 0.3) is 0 Å². The summed E-state index contributed by atoms with van der Waals surface area (Å²) in [5.74, 6) is 0.997. The van der Waals surface area contributed by atoms with Gasteiger partial charge < -0.3 is 19.6 Å². The third kappa shape index (κ3) is 3.73. The smallest absolute Gasteiger partial charge is 0.255 e. The summed E-state index contributed by atoms with van der Waals surface area (Å²) < 4.78 is 5.22. The summed E-state index contributed by atoms with van der Waals surface area (Å²) in [4.78, 5) is 33.2. The molecule has 9 heteroatoms. The van der Waals surface area contributed by atoms with Gasteiger partial charge in [-0.25, -0.2) is 4.98 Å². The van der Waals surface area contributed by atoms with E-state index in [2.05, 4.69) is 15.5 Å². The monoisotopic (exact) mass is 411 g/mol. The standard InChI is InChI=1S/C20H21N5O3S/c1-12-16(13(2)28-23-12)10-25-17-6-15(7-21-19(17)22-8-18(25)26)20(27)24(3)9-14-4-5-29-11-14/h4-7,11H,8-10H2,1-3H3,(H,21,22). The summed E-state index contributed by atoms with van der Waals surface area (Å²) >= 11 is 1.60. The van der Waals surface area contributed by atoms with E-state index in [0.29, 0.717) is 35.9 Å². The molecule has 4 heterocycles. The molecule has 0 unspecified atom stereocenters. The predicted octanol–water partition coefficient (Wildman–Crippen LogP) is 2.98. The van der Waals surface area contributed by atoms with Crippen LogP contribution >= 0.6 is 11.3 Å². The average molecular weight is 411 g/mol. The summed E-state index contributed by atoms with van der Waals surface area (Å²) in [7, 11) is 1.75. The molecule has 3 aromatic rings. The first-order chi connectivity index (χ1) is 13.9. The lowest BCUT2D eigenvalue weighted by Gasteiger charge is -2.30. The number of carbonyl (C=O) groups is 2.